The number of nitrogens with zero attached hydrogens (tertiary/aromatic N) is 7. The van der Waals surface area contributed by atoms with E-state index in [1.165, 1.54) is 19.3 Å². The lowest BCUT2D eigenvalue weighted by atomic mass is 10.0. The highest BCUT2D eigenvalue weighted by Gasteiger charge is 2.46. The zero-order chi connectivity index (χ0) is 28.0. The van der Waals surface area contributed by atoms with Gasteiger partial charge in [0.25, 0.3) is 5.91 Å². The molecule has 2 aliphatic carbocycles. The highest BCUT2D eigenvalue weighted by atomic mass is 16.5. The molecule has 0 spiro atoms. The van der Waals surface area contributed by atoms with Gasteiger partial charge >= 0.3 is 0 Å². The van der Waals surface area contributed by atoms with Crippen molar-refractivity contribution in [1.82, 2.24) is 33.8 Å². The van der Waals surface area contributed by atoms with E-state index in [1.54, 1.807) is 13.3 Å². The number of piperidine rings is 1. The second kappa shape index (κ2) is 8.93. The minimum atomic E-state index is 0.0891. The summed E-state index contributed by atoms with van der Waals surface area (Å²) in [6.07, 6.45) is 6.61. The summed E-state index contributed by atoms with van der Waals surface area (Å²) >= 11 is 0. The Bertz CT molecular complexity index is 1840. The summed E-state index contributed by atoms with van der Waals surface area (Å²) in [6, 6.07) is 12.6. The van der Waals surface area contributed by atoms with E-state index in [0.29, 0.717) is 35.1 Å². The number of benzene rings is 1. The quantitative estimate of drug-likeness (QED) is 0.288. The molecule has 3 atom stereocenters. The third-order valence-corrected chi connectivity index (χ3v) is 9.87. The van der Waals surface area contributed by atoms with Crippen LogP contribution in [-0.2, 0) is 20.6 Å². The summed E-state index contributed by atoms with van der Waals surface area (Å²) in [6.45, 7) is 4.05. The van der Waals surface area contributed by atoms with Gasteiger partial charge in [-0.3, -0.25) is 9.48 Å². The van der Waals surface area contributed by atoms with E-state index in [4.69, 9.17) is 14.7 Å². The third-order valence-electron chi connectivity index (χ3n) is 9.87. The molecular weight excluding hydrogens is 514 g/mol. The maximum atomic E-state index is 13.7. The number of aromatic nitrogens is 6. The minimum absolute atomic E-state index is 0.0891. The maximum Gasteiger partial charge on any atom is 0.254 e. The lowest BCUT2D eigenvalue weighted by Gasteiger charge is -2.27. The van der Waals surface area contributed by atoms with Gasteiger partial charge in [-0.1, -0.05) is 6.92 Å². The average molecular weight is 550 g/mol. The highest BCUT2D eigenvalue weighted by molar-refractivity contribution is 6.00. The number of imidazole rings is 1. The molecule has 3 fully saturated rings. The Balaban J connectivity index is 1.25. The number of likely N-dealkylation sites (tertiary alicyclic amines) is 1. The Labute approximate surface area is 238 Å². The molecule has 1 saturated heterocycles. The van der Waals surface area contributed by atoms with Gasteiger partial charge in [-0.15, -0.1) is 0 Å². The molecule has 1 aromatic carbocycles. The zero-order valence-electron chi connectivity index (χ0n) is 24.0. The van der Waals surface area contributed by atoms with Gasteiger partial charge in [0.15, 0.2) is 5.82 Å². The summed E-state index contributed by atoms with van der Waals surface area (Å²) in [5.74, 6) is 3.45. The van der Waals surface area contributed by atoms with Crippen molar-refractivity contribution < 1.29 is 9.53 Å². The Kier molecular flexibility index (Phi) is 5.37. The van der Waals surface area contributed by atoms with Crippen LogP contribution in [0, 0.1) is 17.8 Å². The van der Waals surface area contributed by atoms with Crippen LogP contribution in [0.5, 0.6) is 5.75 Å². The van der Waals surface area contributed by atoms with Crippen LogP contribution < -0.4 is 4.74 Å². The van der Waals surface area contributed by atoms with Crippen molar-refractivity contribution in [1.29, 1.82) is 0 Å². The van der Waals surface area contributed by atoms with Crippen LogP contribution in [0.1, 0.15) is 43.0 Å². The number of carbonyl (C=O) groups excluding carboxylic acids is 1. The summed E-state index contributed by atoms with van der Waals surface area (Å²) in [5.41, 5.74) is 6.19. The molecule has 2 bridgehead atoms. The number of carbonyl (C=O) groups is 1. The van der Waals surface area contributed by atoms with Gasteiger partial charge in [0.05, 0.1) is 29.7 Å². The second-order valence-electron chi connectivity index (χ2n) is 12.3. The van der Waals surface area contributed by atoms with E-state index < -0.39 is 0 Å². The molecule has 9 nitrogen and oxygen atoms in total. The van der Waals surface area contributed by atoms with Crippen LogP contribution in [0.4, 0.5) is 0 Å². The molecule has 2 saturated carbocycles. The molecule has 5 aromatic rings. The van der Waals surface area contributed by atoms with Gasteiger partial charge in [0.2, 0.25) is 0 Å². The molecule has 2 unspecified atom stereocenters. The van der Waals surface area contributed by atoms with E-state index in [-0.39, 0.29) is 5.91 Å². The number of ether oxygens (including phenoxy) is 1. The van der Waals surface area contributed by atoms with Gasteiger partial charge < -0.3 is 18.8 Å². The molecule has 210 valence electrons. The van der Waals surface area contributed by atoms with Crippen molar-refractivity contribution in [2.24, 2.45) is 31.8 Å². The van der Waals surface area contributed by atoms with Crippen molar-refractivity contribution in [3.05, 3.63) is 48.2 Å². The SMILES string of the molecule is COc1cc(C(=O)N2CC3CCC2[C@@H]3C)cc2nc(-c3cc4ccc(-c5ccnn5C)nc4n3CC3CC3)n(C)c12. The largest absolute Gasteiger partial charge is 0.494 e. The van der Waals surface area contributed by atoms with E-state index in [1.807, 2.05) is 37.0 Å². The number of pyridine rings is 1. The Morgan fingerprint density at radius 2 is 1.88 bits per heavy atom. The van der Waals surface area contributed by atoms with Crippen molar-refractivity contribution in [2.45, 2.75) is 45.2 Å². The van der Waals surface area contributed by atoms with Crippen molar-refractivity contribution in [2.75, 3.05) is 13.7 Å². The smallest absolute Gasteiger partial charge is 0.254 e. The fourth-order valence-corrected chi connectivity index (χ4v) is 7.35. The summed E-state index contributed by atoms with van der Waals surface area (Å²) in [5, 5.41) is 5.42. The number of methoxy groups -OCH3 is 1. The molecule has 9 heteroatoms. The lowest BCUT2D eigenvalue weighted by Crippen LogP contribution is -2.38. The first-order valence-corrected chi connectivity index (χ1v) is 14.8. The van der Waals surface area contributed by atoms with Crippen LogP contribution in [-0.4, -0.2) is 59.4 Å². The van der Waals surface area contributed by atoms with Gasteiger partial charge in [0, 0.05) is 50.4 Å². The number of aryl methyl sites for hydroxylation is 2. The Morgan fingerprint density at radius 3 is 2.56 bits per heavy atom. The molecule has 3 aliphatic rings. The predicted molar refractivity (Wildman–Crippen MR) is 158 cm³/mol. The Morgan fingerprint density at radius 1 is 1.02 bits per heavy atom. The number of rotatable bonds is 6. The number of hydrogen-bond donors (Lipinski definition) is 0. The fourth-order valence-electron chi connectivity index (χ4n) is 7.35. The Hall–Kier alpha value is -4.14. The molecule has 1 amide bonds. The van der Waals surface area contributed by atoms with Crippen LogP contribution in [0.25, 0.3) is 45.0 Å². The van der Waals surface area contributed by atoms with E-state index in [2.05, 4.69) is 44.3 Å². The van der Waals surface area contributed by atoms with Crippen molar-refractivity contribution in [3.8, 4) is 28.7 Å². The van der Waals surface area contributed by atoms with E-state index in [9.17, 15) is 4.79 Å². The van der Waals surface area contributed by atoms with Crippen molar-refractivity contribution >= 4 is 28.0 Å². The molecular formula is C32H35N7O2. The second-order valence-corrected chi connectivity index (χ2v) is 12.3. The molecule has 5 heterocycles. The average Bonchev–Trinajstić information content (AvgIpc) is 3.23. The van der Waals surface area contributed by atoms with Gasteiger partial charge in [-0.25, -0.2) is 9.97 Å². The molecule has 41 heavy (non-hydrogen) atoms. The van der Waals surface area contributed by atoms with Crippen LogP contribution in [0.3, 0.4) is 0 Å². The molecule has 8 rings (SSSR count). The van der Waals surface area contributed by atoms with E-state index >= 15 is 0 Å². The van der Waals surface area contributed by atoms with Gasteiger partial charge in [-0.05, 0) is 79.8 Å². The van der Waals surface area contributed by atoms with Crippen molar-refractivity contribution in [3.63, 3.8) is 0 Å². The van der Waals surface area contributed by atoms with Crippen LogP contribution in [0.2, 0.25) is 0 Å². The predicted octanol–water partition coefficient (Wildman–Crippen LogP) is 5.28. The molecule has 0 radical (unpaired) electrons. The summed E-state index contributed by atoms with van der Waals surface area (Å²) < 4.78 is 12.1. The summed E-state index contributed by atoms with van der Waals surface area (Å²) in [7, 11) is 5.64. The normalized spacial score (nSPS) is 22.0. The van der Waals surface area contributed by atoms with E-state index in [0.717, 1.165) is 64.5 Å². The number of fused-ring (bicyclic) bond motifs is 4. The number of amides is 1. The molecule has 4 aromatic heterocycles. The standard InChI is InChI=1S/C32H35N7O2/c1-18-21-8-10-25(18)39(17-21)32(40)22-13-24-29(28(15-22)41-4)36(2)31(35-24)27-14-20-7-9-23(26-11-12-33-37(26)3)34-30(20)38(27)16-19-5-6-19/h7,9,11-15,18-19,21,25H,5-6,8,10,16-17H2,1-4H3/t18-,21?,25?/m1/s1. The monoisotopic (exact) mass is 549 g/mol. The first-order valence-electron chi connectivity index (χ1n) is 14.8. The topological polar surface area (TPSA) is 83.0 Å². The maximum absolute atomic E-state index is 13.7. The molecule has 1 aliphatic heterocycles. The fraction of sp³-hybridized carbons (Fsp3) is 0.438. The van der Waals surface area contributed by atoms with Crippen LogP contribution in [0.15, 0.2) is 42.6 Å². The minimum Gasteiger partial charge on any atom is -0.494 e. The molecule has 0 N–H and O–H groups in total. The number of hydrogen-bond acceptors (Lipinski definition) is 5. The highest BCUT2D eigenvalue weighted by Crippen LogP contribution is 2.44. The van der Waals surface area contributed by atoms with Crippen LogP contribution >= 0.6 is 0 Å². The third kappa shape index (κ3) is 3.74. The van der Waals surface area contributed by atoms with Gasteiger partial charge in [0.1, 0.15) is 16.9 Å². The zero-order valence-corrected chi connectivity index (χ0v) is 24.0. The summed E-state index contributed by atoms with van der Waals surface area (Å²) in [4.78, 5) is 26.1. The first-order chi connectivity index (χ1) is 19.9. The van der Waals surface area contributed by atoms with Gasteiger partial charge in [-0.2, -0.15) is 5.10 Å². The lowest BCUT2D eigenvalue weighted by molar-refractivity contribution is 0.0696. The first kappa shape index (κ1) is 24.6.